The van der Waals surface area contributed by atoms with Gasteiger partial charge in [-0.1, -0.05) is 29.7 Å². The predicted octanol–water partition coefficient (Wildman–Crippen LogP) is 1.81. The first kappa shape index (κ1) is 9.84. The van der Waals surface area contributed by atoms with Gasteiger partial charge >= 0.3 is 0 Å². The maximum Gasteiger partial charge on any atom is 0.000420 e. The fourth-order valence-electron chi connectivity index (χ4n) is 1.25. The van der Waals surface area contributed by atoms with E-state index in [1.165, 1.54) is 28.8 Å². The van der Waals surface area contributed by atoms with E-state index in [1.807, 2.05) is 7.05 Å². The number of rotatable bonds is 4. The smallest absolute Gasteiger partial charge is 0.000420 e. The second kappa shape index (κ2) is 5.41. The molecule has 2 nitrogen and oxygen atoms in total. The van der Waals surface area contributed by atoms with E-state index in [-0.39, 0.29) is 0 Å². The number of hydrogen-bond acceptors (Lipinski definition) is 3. The molecular formula is C9H16N2S. The van der Waals surface area contributed by atoms with E-state index in [9.17, 15) is 0 Å². The summed E-state index contributed by atoms with van der Waals surface area (Å²) in [6, 6.07) is 0. The van der Waals surface area contributed by atoms with Gasteiger partial charge in [0.25, 0.3) is 0 Å². The number of nitrogens with two attached hydrogens (primary N) is 1. The van der Waals surface area contributed by atoms with Crippen LogP contribution in [0.5, 0.6) is 0 Å². The van der Waals surface area contributed by atoms with E-state index in [0.717, 1.165) is 19.4 Å². The highest BCUT2D eigenvalue weighted by Crippen LogP contribution is 2.24. The van der Waals surface area contributed by atoms with Crippen molar-refractivity contribution < 1.29 is 0 Å². The third-order valence-electron chi connectivity index (χ3n) is 2.04. The first-order valence-corrected chi connectivity index (χ1v) is 5.14. The fraction of sp³-hybridized carbons (Fsp3) is 0.556. The topological polar surface area (TPSA) is 38.0 Å². The zero-order chi connectivity index (χ0) is 8.81. The average molecular weight is 184 g/mol. The van der Waals surface area contributed by atoms with Crippen LogP contribution in [0.15, 0.2) is 22.6 Å². The van der Waals surface area contributed by atoms with Crippen LogP contribution in [0.4, 0.5) is 0 Å². The standard InChI is InChI=1S/C9H16N2S/c1-11-7-6-8-2-4-9(12-10)5-3-8/h2,4,11H,3,5-7,10H2,1H3. The maximum atomic E-state index is 5.46. The zero-order valence-electron chi connectivity index (χ0n) is 7.47. The zero-order valence-corrected chi connectivity index (χ0v) is 8.29. The van der Waals surface area contributed by atoms with Crippen LogP contribution >= 0.6 is 11.9 Å². The molecule has 3 N–H and O–H groups in total. The minimum atomic E-state index is 1.07. The van der Waals surface area contributed by atoms with Crippen LogP contribution in [0.1, 0.15) is 19.3 Å². The molecule has 0 amide bonds. The van der Waals surface area contributed by atoms with Gasteiger partial charge in [0.1, 0.15) is 0 Å². The van der Waals surface area contributed by atoms with Gasteiger partial charge in [-0.3, -0.25) is 5.14 Å². The van der Waals surface area contributed by atoms with Crippen molar-refractivity contribution in [3.63, 3.8) is 0 Å². The maximum absolute atomic E-state index is 5.46. The lowest BCUT2D eigenvalue weighted by atomic mass is 10.0. The minimum absolute atomic E-state index is 1.07. The van der Waals surface area contributed by atoms with Crippen LogP contribution < -0.4 is 10.5 Å². The molecule has 1 aliphatic rings. The molecule has 0 bridgehead atoms. The van der Waals surface area contributed by atoms with Gasteiger partial charge in [-0.15, -0.1) is 0 Å². The van der Waals surface area contributed by atoms with E-state index < -0.39 is 0 Å². The van der Waals surface area contributed by atoms with Crippen LogP contribution in [-0.2, 0) is 0 Å². The molecular weight excluding hydrogens is 168 g/mol. The third-order valence-corrected chi connectivity index (χ3v) is 2.69. The molecule has 0 atom stereocenters. The third kappa shape index (κ3) is 3.01. The Kier molecular flexibility index (Phi) is 4.43. The molecule has 68 valence electrons. The molecule has 0 aliphatic heterocycles. The van der Waals surface area contributed by atoms with E-state index in [0.29, 0.717) is 0 Å². The molecule has 12 heavy (non-hydrogen) atoms. The summed E-state index contributed by atoms with van der Waals surface area (Å²) < 4.78 is 0. The molecule has 0 heterocycles. The Hall–Kier alpha value is -0.250. The Morgan fingerprint density at radius 1 is 1.50 bits per heavy atom. The van der Waals surface area contributed by atoms with Crippen molar-refractivity contribution >= 4 is 11.9 Å². The molecule has 0 aromatic heterocycles. The van der Waals surface area contributed by atoms with E-state index in [2.05, 4.69) is 17.5 Å². The Morgan fingerprint density at radius 3 is 2.83 bits per heavy atom. The van der Waals surface area contributed by atoms with E-state index >= 15 is 0 Å². The molecule has 1 rings (SSSR count). The molecule has 0 spiro atoms. The largest absolute Gasteiger partial charge is 0.319 e. The van der Waals surface area contributed by atoms with Crippen LogP contribution in [-0.4, -0.2) is 13.6 Å². The Labute approximate surface area is 78.4 Å². The molecule has 0 aromatic rings. The van der Waals surface area contributed by atoms with Crippen molar-refractivity contribution in [1.29, 1.82) is 0 Å². The molecule has 0 saturated heterocycles. The van der Waals surface area contributed by atoms with Crippen LogP contribution in [0, 0.1) is 0 Å². The normalized spacial score (nSPS) is 17.2. The Balaban J connectivity index is 2.37. The SMILES string of the molecule is CNCCC1=CC=C(SN)CC1. The molecule has 0 unspecified atom stereocenters. The highest BCUT2D eigenvalue weighted by atomic mass is 32.2. The minimum Gasteiger partial charge on any atom is -0.319 e. The first-order valence-electron chi connectivity index (χ1n) is 4.26. The highest BCUT2D eigenvalue weighted by Gasteiger charge is 2.04. The lowest BCUT2D eigenvalue weighted by Crippen LogP contribution is -2.09. The second-order valence-electron chi connectivity index (χ2n) is 2.93. The van der Waals surface area contributed by atoms with Crippen LogP contribution in [0.2, 0.25) is 0 Å². The lowest BCUT2D eigenvalue weighted by Gasteiger charge is -2.12. The summed E-state index contributed by atoms with van der Waals surface area (Å²) in [4.78, 5) is 1.29. The summed E-state index contributed by atoms with van der Waals surface area (Å²) in [5.41, 5.74) is 1.53. The predicted molar refractivity (Wildman–Crippen MR) is 55.7 cm³/mol. The van der Waals surface area contributed by atoms with Crippen LogP contribution in [0.3, 0.4) is 0 Å². The number of nitrogens with one attached hydrogen (secondary N) is 1. The molecule has 0 aromatic carbocycles. The van der Waals surface area contributed by atoms with Crippen LogP contribution in [0.25, 0.3) is 0 Å². The van der Waals surface area contributed by atoms with Gasteiger partial charge in [-0.25, -0.2) is 0 Å². The monoisotopic (exact) mass is 184 g/mol. The lowest BCUT2D eigenvalue weighted by molar-refractivity contribution is 0.752. The van der Waals surface area contributed by atoms with E-state index in [1.54, 1.807) is 0 Å². The van der Waals surface area contributed by atoms with Gasteiger partial charge in [-0.2, -0.15) is 0 Å². The summed E-state index contributed by atoms with van der Waals surface area (Å²) in [7, 11) is 1.99. The average Bonchev–Trinajstić information content (AvgIpc) is 2.15. The van der Waals surface area contributed by atoms with Gasteiger partial charge < -0.3 is 5.32 Å². The molecule has 0 radical (unpaired) electrons. The fourth-order valence-corrected chi connectivity index (χ4v) is 1.62. The van der Waals surface area contributed by atoms with Crippen molar-refractivity contribution in [1.82, 2.24) is 5.32 Å². The highest BCUT2D eigenvalue weighted by molar-refractivity contribution is 8.00. The summed E-state index contributed by atoms with van der Waals surface area (Å²) in [5.74, 6) is 0. The molecule has 0 saturated carbocycles. The summed E-state index contributed by atoms with van der Waals surface area (Å²) >= 11 is 1.37. The Morgan fingerprint density at radius 2 is 2.33 bits per heavy atom. The first-order chi connectivity index (χ1) is 5.86. The van der Waals surface area contributed by atoms with Crippen molar-refractivity contribution in [2.45, 2.75) is 19.3 Å². The molecule has 1 aliphatic carbocycles. The van der Waals surface area contributed by atoms with Gasteiger partial charge in [0.05, 0.1) is 0 Å². The summed E-state index contributed by atoms with van der Waals surface area (Å²) in [6.45, 7) is 1.07. The van der Waals surface area contributed by atoms with Crippen molar-refractivity contribution in [2.24, 2.45) is 5.14 Å². The quantitative estimate of drug-likeness (QED) is 0.654. The van der Waals surface area contributed by atoms with Crippen molar-refractivity contribution in [2.75, 3.05) is 13.6 Å². The summed E-state index contributed by atoms with van der Waals surface area (Å²) in [5, 5.41) is 8.60. The van der Waals surface area contributed by atoms with Crippen molar-refractivity contribution in [3.8, 4) is 0 Å². The van der Waals surface area contributed by atoms with Crippen molar-refractivity contribution in [3.05, 3.63) is 22.6 Å². The van der Waals surface area contributed by atoms with Gasteiger partial charge in [0.2, 0.25) is 0 Å². The Bertz CT molecular complexity index is 197. The molecule has 0 fully saturated rings. The van der Waals surface area contributed by atoms with Gasteiger partial charge in [-0.05, 0) is 32.9 Å². The molecule has 3 heteroatoms. The van der Waals surface area contributed by atoms with Gasteiger partial charge in [0.15, 0.2) is 0 Å². The van der Waals surface area contributed by atoms with E-state index in [4.69, 9.17) is 5.14 Å². The number of hydrogen-bond donors (Lipinski definition) is 2. The number of allylic oxidation sites excluding steroid dienone is 3. The summed E-state index contributed by atoms with van der Waals surface area (Å²) in [6.07, 6.45) is 7.80. The second-order valence-corrected chi connectivity index (χ2v) is 3.69. The van der Waals surface area contributed by atoms with Gasteiger partial charge in [0, 0.05) is 4.91 Å².